The van der Waals surface area contributed by atoms with Crippen LogP contribution in [-0.2, 0) is 16.2 Å². The number of amides is 2. The molecule has 8 heteroatoms. The van der Waals surface area contributed by atoms with Crippen molar-refractivity contribution in [3.8, 4) is 5.75 Å². The molecule has 0 saturated carbocycles. The first-order valence-electron chi connectivity index (χ1n) is 8.68. The molecule has 2 amide bonds. The summed E-state index contributed by atoms with van der Waals surface area (Å²) in [6.07, 6.45) is 1.50. The molecule has 0 bridgehead atoms. The average Bonchev–Trinajstić information content (AvgIpc) is 2.69. The number of likely N-dealkylation sites (N-methyl/N-ethyl adjacent to an activating group) is 2. The van der Waals surface area contributed by atoms with Gasteiger partial charge in [0.15, 0.2) is 10.9 Å². The minimum absolute atomic E-state index is 0.0138. The van der Waals surface area contributed by atoms with Crippen LogP contribution in [0, 0.1) is 6.92 Å². The molecule has 1 fully saturated rings. The van der Waals surface area contributed by atoms with Crippen LogP contribution >= 0.6 is 39.7 Å². The lowest BCUT2D eigenvalue weighted by Crippen LogP contribution is -2.52. The fourth-order valence-electron chi connectivity index (χ4n) is 2.78. The van der Waals surface area contributed by atoms with Gasteiger partial charge in [-0.3, -0.25) is 19.4 Å². The normalized spacial score (nSPS) is 14.5. The molecule has 1 aliphatic heterocycles. The number of benzene rings is 2. The van der Waals surface area contributed by atoms with E-state index >= 15 is 0 Å². The van der Waals surface area contributed by atoms with Gasteiger partial charge in [-0.25, -0.2) is 0 Å². The van der Waals surface area contributed by atoms with Crippen LogP contribution in [0.4, 0.5) is 0 Å². The highest BCUT2D eigenvalue weighted by Gasteiger charge is 2.35. The molecular formula is C21H18BrClN2O3S. The van der Waals surface area contributed by atoms with Crippen molar-refractivity contribution in [3.05, 3.63) is 68.2 Å². The second-order valence-electron chi connectivity index (χ2n) is 6.66. The summed E-state index contributed by atoms with van der Waals surface area (Å²) in [7, 11) is 3.07. The van der Waals surface area contributed by atoms with E-state index in [0.29, 0.717) is 27.4 Å². The minimum atomic E-state index is -0.454. The highest BCUT2D eigenvalue weighted by Crippen LogP contribution is 2.36. The Balaban J connectivity index is 1.86. The molecular weight excluding hydrogens is 476 g/mol. The minimum Gasteiger partial charge on any atom is -0.486 e. The lowest BCUT2D eigenvalue weighted by Gasteiger charge is -2.31. The van der Waals surface area contributed by atoms with Crippen LogP contribution in [0.5, 0.6) is 5.75 Å². The van der Waals surface area contributed by atoms with Gasteiger partial charge in [0.25, 0.3) is 11.8 Å². The van der Waals surface area contributed by atoms with Gasteiger partial charge < -0.3 is 4.74 Å². The number of rotatable bonds is 4. The maximum absolute atomic E-state index is 12.5. The van der Waals surface area contributed by atoms with Gasteiger partial charge in [-0.15, -0.1) is 0 Å². The smallest absolute Gasteiger partial charge is 0.265 e. The predicted octanol–water partition coefficient (Wildman–Crippen LogP) is 4.59. The zero-order chi connectivity index (χ0) is 21.3. The van der Waals surface area contributed by atoms with E-state index in [1.165, 1.54) is 35.5 Å². The lowest BCUT2D eigenvalue weighted by molar-refractivity contribution is -0.132. The van der Waals surface area contributed by atoms with Crippen molar-refractivity contribution in [2.24, 2.45) is 0 Å². The van der Waals surface area contributed by atoms with E-state index in [4.69, 9.17) is 28.6 Å². The number of carbonyl (C=O) groups is 2. The number of halogens is 2. The van der Waals surface area contributed by atoms with Crippen molar-refractivity contribution in [2.45, 2.75) is 13.5 Å². The molecule has 0 atom stereocenters. The molecule has 2 aromatic carbocycles. The third-order valence-corrected chi connectivity index (χ3v) is 5.90. The van der Waals surface area contributed by atoms with Crippen LogP contribution < -0.4 is 4.74 Å². The van der Waals surface area contributed by atoms with Crippen molar-refractivity contribution >= 4 is 62.8 Å². The number of hydrogen-bond acceptors (Lipinski definition) is 4. The van der Waals surface area contributed by atoms with Gasteiger partial charge in [0.1, 0.15) is 12.2 Å². The second kappa shape index (κ2) is 8.65. The topological polar surface area (TPSA) is 49.9 Å². The summed E-state index contributed by atoms with van der Waals surface area (Å²) in [4.78, 5) is 27.5. The molecule has 3 rings (SSSR count). The number of hydrogen-bond donors (Lipinski definition) is 0. The molecule has 5 nitrogen and oxygen atoms in total. The van der Waals surface area contributed by atoms with Crippen LogP contribution in [0.3, 0.4) is 0 Å². The van der Waals surface area contributed by atoms with Crippen LogP contribution in [0.1, 0.15) is 16.7 Å². The van der Waals surface area contributed by atoms with Gasteiger partial charge in [-0.2, -0.15) is 0 Å². The first-order valence-corrected chi connectivity index (χ1v) is 10.3. The quantitative estimate of drug-likeness (QED) is 0.355. The fraction of sp³-hybridized carbons (Fsp3) is 0.190. The Morgan fingerprint density at radius 2 is 1.69 bits per heavy atom. The van der Waals surface area contributed by atoms with Gasteiger partial charge in [0, 0.05) is 14.1 Å². The molecule has 0 spiro atoms. The van der Waals surface area contributed by atoms with E-state index in [1.807, 2.05) is 31.2 Å². The zero-order valence-electron chi connectivity index (χ0n) is 16.0. The number of ether oxygens (including phenoxy) is 1. The number of aryl methyl sites for hydroxylation is 1. The van der Waals surface area contributed by atoms with Gasteiger partial charge in [0.2, 0.25) is 0 Å². The van der Waals surface area contributed by atoms with Crippen LogP contribution in [0.25, 0.3) is 6.08 Å². The molecule has 0 N–H and O–H groups in total. The van der Waals surface area contributed by atoms with Crippen molar-refractivity contribution in [1.29, 1.82) is 0 Å². The molecule has 0 aliphatic carbocycles. The first kappa shape index (κ1) is 21.5. The fourth-order valence-corrected chi connectivity index (χ4v) is 3.94. The summed E-state index contributed by atoms with van der Waals surface area (Å²) in [5.41, 5.74) is 2.80. The highest BCUT2D eigenvalue weighted by atomic mass is 79.9. The van der Waals surface area contributed by atoms with E-state index in [2.05, 4.69) is 15.9 Å². The molecule has 150 valence electrons. The summed E-state index contributed by atoms with van der Waals surface area (Å²) in [6.45, 7) is 2.39. The number of carbonyl (C=O) groups excluding carboxylic acids is 2. The highest BCUT2D eigenvalue weighted by molar-refractivity contribution is 9.10. The van der Waals surface area contributed by atoms with E-state index in [-0.39, 0.29) is 10.7 Å². The Hall–Kier alpha value is -2.22. The van der Waals surface area contributed by atoms with Gasteiger partial charge >= 0.3 is 0 Å². The molecule has 0 radical (unpaired) electrons. The Bertz CT molecular complexity index is 988. The third-order valence-electron chi connectivity index (χ3n) is 4.48. The molecule has 0 aromatic heterocycles. The summed E-state index contributed by atoms with van der Waals surface area (Å²) in [6, 6.07) is 11.4. The van der Waals surface area contributed by atoms with Crippen molar-refractivity contribution in [2.75, 3.05) is 14.1 Å². The maximum atomic E-state index is 12.5. The van der Waals surface area contributed by atoms with E-state index < -0.39 is 11.8 Å². The van der Waals surface area contributed by atoms with Crippen LogP contribution in [0.15, 0.2) is 46.4 Å². The van der Waals surface area contributed by atoms with Crippen molar-refractivity contribution in [3.63, 3.8) is 0 Å². The standard InChI is InChI=1S/C21H18BrClN2O3S/c1-12-4-6-13(7-5-12)11-28-18-16(22)9-14(10-17(18)23)8-15-19(26)24(2)21(29)25(3)20(15)27/h4-10H,11H2,1-3H3. The Kier molecular flexibility index (Phi) is 6.41. The summed E-state index contributed by atoms with van der Waals surface area (Å²) >= 11 is 15.0. The van der Waals surface area contributed by atoms with E-state index in [0.717, 1.165) is 5.56 Å². The van der Waals surface area contributed by atoms with E-state index in [1.54, 1.807) is 12.1 Å². The molecule has 29 heavy (non-hydrogen) atoms. The zero-order valence-corrected chi connectivity index (χ0v) is 19.2. The third kappa shape index (κ3) is 4.52. The first-order chi connectivity index (χ1) is 13.7. The van der Waals surface area contributed by atoms with Gasteiger partial charge in [0.05, 0.1) is 9.50 Å². The largest absolute Gasteiger partial charge is 0.486 e. The number of thiocarbonyl (C=S) groups is 1. The van der Waals surface area contributed by atoms with Gasteiger partial charge in [-0.05, 0) is 64.4 Å². The Morgan fingerprint density at radius 3 is 2.24 bits per heavy atom. The summed E-state index contributed by atoms with van der Waals surface area (Å²) < 4.78 is 6.48. The molecule has 0 unspecified atom stereocenters. The Morgan fingerprint density at radius 1 is 1.10 bits per heavy atom. The SMILES string of the molecule is Cc1ccc(COc2c(Cl)cc(C=C3C(=O)N(C)C(=S)N(C)C3=O)cc2Br)cc1. The summed E-state index contributed by atoms with van der Waals surface area (Å²) in [5.74, 6) is -0.416. The average molecular weight is 494 g/mol. The lowest BCUT2D eigenvalue weighted by atomic mass is 10.1. The predicted molar refractivity (Wildman–Crippen MR) is 121 cm³/mol. The maximum Gasteiger partial charge on any atom is 0.265 e. The monoisotopic (exact) mass is 492 g/mol. The molecule has 1 aliphatic rings. The molecule has 1 heterocycles. The van der Waals surface area contributed by atoms with E-state index in [9.17, 15) is 9.59 Å². The second-order valence-corrected chi connectivity index (χ2v) is 8.28. The Labute approximate surface area is 188 Å². The molecule has 1 saturated heterocycles. The van der Waals surface area contributed by atoms with Crippen LogP contribution in [-0.4, -0.2) is 40.8 Å². The number of nitrogens with zero attached hydrogens (tertiary/aromatic N) is 2. The van der Waals surface area contributed by atoms with Crippen LogP contribution in [0.2, 0.25) is 5.02 Å². The molecule has 2 aromatic rings. The van der Waals surface area contributed by atoms with Gasteiger partial charge in [-0.1, -0.05) is 41.4 Å². The van der Waals surface area contributed by atoms with Crippen molar-refractivity contribution < 1.29 is 14.3 Å². The summed E-state index contributed by atoms with van der Waals surface area (Å²) in [5, 5.41) is 0.530. The van der Waals surface area contributed by atoms with Crippen molar-refractivity contribution in [1.82, 2.24) is 9.80 Å².